The van der Waals surface area contributed by atoms with Crippen LogP contribution in [0.25, 0.3) is 0 Å². The first-order valence-corrected chi connectivity index (χ1v) is 13.7. The van der Waals surface area contributed by atoms with Crippen molar-refractivity contribution in [3.63, 3.8) is 0 Å². The van der Waals surface area contributed by atoms with Gasteiger partial charge in [-0.25, -0.2) is 0 Å². The largest absolute Gasteiger partial charge is 0.481 e. The molecule has 1 saturated carbocycles. The zero-order valence-corrected chi connectivity index (χ0v) is 22.9. The molecule has 6 atom stereocenters. The Morgan fingerprint density at radius 2 is 1.13 bits per heavy atom. The lowest BCUT2D eigenvalue weighted by Crippen LogP contribution is -2.45. The van der Waals surface area contributed by atoms with Crippen LogP contribution in [0.4, 0.5) is 0 Å². The van der Waals surface area contributed by atoms with E-state index in [9.17, 15) is 44.4 Å². The molecular formula is C28H45NO9. The van der Waals surface area contributed by atoms with Crippen molar-refractivity contribution >= 4 is 29.8 Å². The van der Waals surface area contributed by atoms with Gasteiger partial charge in [-0.3, -0.25) is 24.0 Å². The van der Waals surface area contributed by atoms with Crippen LogP contribution >= 0.6 is 0 Å². The number of hydrogen-bond donors (Lipinski definition) is 5. The van der Waals surface area contributed by atoms with Crippen molar-refractivity contribution in [2.75, 3.05) is 0 Å². The number of carboxylic acid groups (broad SMARTS) is 4. The van der Waals surface area contributed by atoms with E-state index in [0.717, 1.165) is 24.8 Å². The van der Waals surface area contributed by atoms with Crippen molar-refractivity contribution in [3.8, 4) is 0 Å². The maximum atomic E-state index is 13.2. The van der Waals surface area contributed by atoms with Crippen LogP contribution in [0.5, 0.6) is 0 Å². The molecule has 10 nitrogen and oxygen atoms in total. The first-order valence-electron chi connectivity index (χ1n) is 13.7. The molecule has 0 heterocycles. The zero-order chi connectivity index (χ0) is 29.0. The molecule has 1 fully saturated rings. The SMILES string of the molecule is C=C(C)C(C)C(CCCC(C(=O)NC1CCC1)C(CCCC(C(=O)O)C(CCC)C(=O)O)C(=O)O)C(=O)O. The monoisotopic (exact) mass is 539 g/mol. The van der Waals surface area contributed by atoms with Crippen LogP contribution in [0.1, 0.15) is 91.4 Å². The van der Waals surface area contributed by atoms with Gasteiger partial charge >= 0.3 is 23.9 Å². The molecule has 38 heavy (non-hydrogen) atoms. The number of carbonyl (C=O) groups excluding carboxylic acids is 1. The Hall–Kier alpha value is -2.91. The summed E-state index contributed by atoms with van der Waals surface area (Å²) < 4.78 is 0. The second-order valence-electron chi connectivity index (χ2n) is 10.8. The van der Waals surface area contributed by atoms with Crippen LogP contribution in [-0.2, 0) is 24.0 Å². The highest BCUT2D eigenvalue weighted by molar-refractivity contribution is 5.85. The van der Waals surface area contributed by atoms with Crippen molar-refractivity contribution in [2.45, 2.75) is 97.4 Å². The van der Waals surface area contributed by atoms with Gasteiger partial charge in [0.2, 0.25) is 5.91 Å². The average molecular weight is 540 g/mol. The molecular weight excluding hydrogens is 494 g/mol. The first kappa shape index (κ1) is 33.1. The lowest BCUT2D eigenvalue weighted by molar-refractivity contribution is -0.154. The molecule has 0 aliphatic heterocycles. The Labute approximate surface area is 224 Å². The Morgan fingerprint density at radius 3 is 1.50 bits per heavy atom. The van der Waals surface area contributed by atoms with Crippen LogP contribution in [0, 0.1) is 35.5 Å². The standard InChI is InChI=1S/C28H45NO9/c1-5-9-21(26(33)34)23(28(37)38)15-8-14-22(27(35)36)20(24(30)29-18-10-6-11-18)13-7-12-19(25(31)32)17(4)16(2)3/h17-23H,2,5-15H2,1,3-4H3,(H,29,30)(H,31,32)(H,33,34)(H,35,36)(H,37,38). The minimum absolute atomic E-state index is 0.00332. The van der Waals surface area contributed by atoms with Gasteiger partial charge in [-0.2, -0.15) is 0 Å². The fraction of sp³-hybridized carbons (Fsp3) is 0.750. The molecule has 1 aliphatic rings. The molecule has 5 N–H and O–H groups in total. The van der Waals surface area contributed by atoms with E-state index < -0.39 is 53.5 Å². The van der Waals surface area contributed by atoms with Crippen molar-refractivity contribution in [3.05, 3.63) is 12.2 Å². The summed E-state index contributed by atoms with van der Waals surface area (Å²) in [4.78, 5) is 60.7. The van der Waals surface area contributed by atoms with E-state index in [-0.39, 0.29) is 56.4 Å². The van der Waals surface area contributed by atoms with Gasteiger partial charge in [-0.15, -0.1) is 0 Å². The summed E-state index contributed by atoms with van der Waals surface area (Å²) in [6, 6.07) is -0.00332. The number of hydrogen-bond acceptors (Lipinski definition) is 5. The van der Waals surface area contributed by atoms with Crippen LogP contribution < -0.4 is 5.32 Å². The lowest BCUT2D eigenvalue weighted by Gasteiger charge is -2.31. The van der Waals surface area contributed by atoms with Gasteiger partial charge in [0.05, 0.1) is 29.6 Å². The molecule has 1 aliphatic carbocycles. The van der Waals surface area contributed by atoms with Gasteiger partial charge in [0, 0.05) is 6.04 Å². The van der Waals surface area contributed by atoms with Crippen molar-refractivity contribution in [1.82, 2.24) is 5.32 Å². The quantitative estimate of drug-likeness (QED) is 0.140. The average Bonchev–Trinajstić information content (AvgIpc) is 2.79. The summed E-state index contributed by atoms with van der Waals surface area (Å²) in [5.41, 5.74) is 0.732. The Morgan fingerprint density at radius 1 is 0.737 bits per heavy atom. The summed E-state index contributed by atoms with van der Waals surface area (Å²) >= 11 is 0. The Bertz CT molecular complexity index is 851. The Kier molecular flexibility index (Phi) is 14.1. The van der Waals surface area contributed by atoms with E-state index in [1.165, 1.54) is 0 Å². The maximum Gasteiger partial charge on any atom is 0.307 e. The minimum Gasteiger partial charge on any atom is -0.481 e. The van der Waals surface area contributed by atoms with E-state index in [1.54, 1.807) is 20.8 Å². The molecule has 1 rings (SSSR count). The molecule has 0 aromatic carbocycles. The molecule has 0 saturated heterocycles. The lowest BCUT2D eigenvalue weighted by atomic mass is 9.78. The third-order valence-corrected chi connectivity index (χ3v) is 8.07. The molecule has 0 radical (unpaired) electrons. The highest BCUT2D eigenvalue weighted by Crippen LogP contribution is 2.32. The number of rotatable bonds is 20. The van der Waals surface area contributed by atoms with Crippen LogP contribution in [0.2, 0.25) is 0 Å². The number of nitrogens with one attached hydrogen (secondary N) is 1. The van der Waals surface area contributed by atoms with E-state index in [2.05, 4.69) is 11.9 Å². The second kappa shape index (κ2) is 16.1. The topological polar surface area (TPSA) is 178 Å². The van der Waals surface area contributed by atoms with Crippen molar-refractivity contribution in [2.24, 2.45) is 35.5 Å². The van der Waals surface area contributed by atoms with E-state index in [4.69, 9.17) is 0 Å². The number of carbonyl (C=O) groups is 5. The highest BCUT2D eigenvalue weighted by atomic mass is 16.4. The van der Waals surface area contributed by atoms with Crippen LogP contribution in [-0.4, -0.2) is 56.3 Å². The van der Waals surface area contributed by atoms with Gasteiger partial charge in [0.1, 0.15) is 0 Å². The Balaban J connectivity index is 3.01. The molecule has 0 bridgehead atoms. The summed E-state index contributed by atoms with van der Waals surface area (Å²) in [6.45, 7) is 9.15. The maximum absolute atomic E-state index is 13.2. The van der Waals surface area contributed by atoms with Crippen LogP contribution in [0.3, 0.4) is 0 Å². The third-order valence-electron chi connectivity index (χ3n) is 8.07. The summed E-state index contributed by atoms with van der Waals surface area (Å²) in [5, 5.41) is 41.7. The summed E-state index contributed by atoms with van der Waals surface area (Å²) in [5.74, 6) is -10.1. The van der Waals surface area contributed by atoms with Crippen molar-refractivity contribution in [1.29, 1.82) is 0 Å². The van der Waals surface area contributed by atoms with Gasteiger partial charge < -0.3 is 25.7 Å². The van der Waals surface area contributed by atoms with Gasteiger partial charge in [-0.05, 0) is 64.2 Å². The molecule has 216 valence electrons. The number of allylic oxidation sites excluding steroid dienone is 1. The molecule has 10 heteroatoms. The fourth-order valence-corrected chi connectivity index (χ4v) is 5.22. The second-order valence-corrected chi connectivity index (χ2v) is 10.8. The van der Waals surface area contributed by atoms with Gasteiger partial charge in [0.15, 0.2) is 0 Å². The zero-order valence-electron chi connectivity index (χ0n) is 22.9. The van der Waals surface area contributed by atoms with Gasteiger partial charge in [0.25, 0.3) is 0 Å². The molecule has 1 amide bonds. The molecule has 6 unspecified atom stereocenters. The first-order chi connectivity index (χ1) is 17.8. The van der Waals surface area contributed by atoms with E-state index >= 15 is 0 Å². The number of carboxylic acids is 4. The van der Waals surface area contributed by atoms with E-state index in [1.807, 2.05) is 0 Å². The van der Waals surface area contributed by atoms with E-state index in [0.29, 0.717) is 12.8 Å². The van der Waals surface area contributed by atoms with Crippen LogP contribution in [0.15, 0.2) is 12.2 Å². The predicted octanol–water partition coefficient (Wildman–Crippen LogP) is 4.43. The predicted molar refractivity (Wildman–Crippen MR) is 140 cm³/mol. The van der Waals surface area contributed by atoms with Gasteiger partial charge in [-0.1, -0.05) is 45.3 Å². The minimum atomic E-state index is -1.23. The number of amides is 1. The molecule has 0 aromatic rings. The number of aliphatic carboxylic acids is 4. The molecule has 0 aromatic heterocycles. The molecule has 0 spiro atoms. The summed E-state index contributed by atoms with van der Waals surface area (Å²) in [7, 11) is 0. The highest BCUT2D eigenvalue weighted by Gasteiger charge is 2.37. The normalized spacial score (nSPS) is 18.2. The fourth-order valence-electron chi connectivity index (χ4n) is 5.22. The smallest absolute Gasteiger partial charge is 0.307 e. The third kappa shape index (κ3) is 10.1. The van der Waals surface area contributed by atoms with Crippen molar-refractivity contribution < 1.29 is 44.4 Å². The summed E-state index contributed by atoms with van der Waals surface area (Å²) in [6.07, 6.45) is 4.25.